The summed E-state index contributed by atoms with van der Waals surface area (Å²) >= 11 is 0. The molecule has 2 aromatic carbocycles. The van der Waals surface area contributed by atoms with Gasteiger partial charge in [-0.3, -0.25) is 5.32 Å². The van der Waals surface area contributed by atoms with Crippen LogP contribution >= 0.6 is 0 Å². The molecule has 1 amide bonds. The van der Waals surface area contributed by atoms with Crippen LogP contribution in [-0.2, 0) is 0 Å². The van der Waals surface area contributed by atoms with E-state index >= 15 is 0 Å². The first-order valence-corrected chi connectivity index (χ1v) is 5.04. The maximum absolute atomic E-state index is 13.2. The molecule has 0 spiro atoms. The second-order valence-electron chi connectivity index (χ2n) is 3.31. The number of carbonyl (C=O) groups is 1. The lowest BCUT2D eigenvalue weighted by Gasteiger charge is -2.06. The number of para-hydroxylation sites is 2. The van der Waals surface area contributed by atoms with Crippen LogP contribution in [0.4, 0.5) is 14.9 Å². The van der Waals surface area contributed by atoms with E-state index in [9.17, 15) is 9.18 Å². The molecule has 3 nitrogen and oxygen atoms in total. The molecule has 0 atom stereocenters. The van der Waals surface area contributed by atoms with Crippen molar-refractivity contribution in [3.05, 3.63) is 60.4 Å². The summed E-state index contributed by atoms with van der Waals surface area (Å²) in [5, 5.41) is 2.32. The number of hydrogen-bond acceptors (Lipinski definition) is 2. The van der Waals surface area contributed by atoms with E-state index in [0.29, 0.717) is 5.75 Å². The van der Waals surface area contributed by atoms with Gasteiger partial charge in [0.05, 0.1) is 5.69 Å². The number of nitrogens with one attached hydrogen (secondary N) is 1. The Balaban J connectivity index is 2.01. The van der Waals surface area contributed by atoms with Crippen molar-refractivity contribution in [2.45, 2.75) is 0 Å². The van der Waals surface area contributed by atoms with Gasteiger partial charge >= 0.3 is 6.09 Å². The third-order valence-corrected chi connectivity index (χ3v) is 2.06. The van der Waals surface area contributed by atoms with Gasteiger partial charge in [-0.1, -0.05) is 30.3 Å². The van der Waals surface area contributed by atoms with Crippen molar-refractivity contribution in [1.82, 2.24) is 0 Å². The lowest BCUT2D eigenvalue weighted by atomic mass is 10.3. The minimum absolute atomic E-state index is 0.0911. The molecule has 17 heavy (non-hydrogen) atoms. The molecule has 2 rings (SSSR count). The Hall–Kier alpha value is -2.36. The number of carbonyl (C=O) groups excluding carboxylic acids is 1. The number of anilines is 1. The Kier molecular flexibility index (Phi) is 3.35. The van der Waals surface area contributed by atoms with Crippen LogP contribution in [0, 0.1) is 5.82 Å². The third kappa shape index (κ3) is 3.04. The van der Waals surface area contributed by atoms with Crippen LogP contribution in [0.2, 0.25) is 0 Å². The van der Waals surface area contributed by atoms with Crippen LogP contribution in [0.5, 0.6) is 5.75 Å². The fourth-order valence-electron chi connectivity index (χ4n) is 1.29. The maximum atomic E-state index is 13.2. The average molecular weight is 231 g/mol. The van der Waals surface area contributed by atoms with E-state index < -0.39 is 11.9 Å². The zero-order chi connectivity index (χ0) is 12.1. The molecule has 0 aliphatic carbocycles. The van der Waals surface area contributed by atoms with Crippen molar-refractivity contribution in [3.8, 4) is 5.75 Å². The van der Waals surface area contributed by atoms with Gasteiger partial charge in [-0.05, 0) is 24.3 Å². The SMILES string of the molecule is O=C(Nc1ccccc1F)Oc1ccccc1. The largest absolute Gasteiger partial charge is 0.417 e. The Morgan fingerprint density at radius 3 is 2.35 bits per heavy atom. The van der Waals surface area contributed by atoms with E-state index in [0.717, 1.165) is 0 Å². The first-order chi connectivity index (χ1) is 8.25. The molecule has 0 aliphatic rings. The summed E-state index contributed by atoms with van der Waals surface area (Å²) in [6.07, 6.45) is -0.721. The van der Waals surface area contributed by atoms with E-state index in [4.69, 9.17) is 4.74 Å². The van der Waals surface area contributed by atoms with E-state index in [1.54, 1.807) is 36.4 Å². The predicted octanol–water partition coefficient (Wildman–Crippen LogP) is 3.44. The van der Waals surface area contributed by atoms with Gasteiger partial charge < -0.3 is 4.74 Å². The van der Waals surface area contributed by atoms with Crippen molar-refractivity contribution in [1.29, 1.82) is 0 Å². The second kappa shape index (κ2) is 5.12. The Morgan fingerprint density at radius 2 is 1.65 bits per heavy atom. The van der Waals surface area contributed by atoms with Crippen LogP contribution in [-0.4, -0.2) is 6.09 Å². The molecule has 0 heterocycles. The molecule has 0 unspecified atom stereocenters. The maximum Gasteiger partial charge on any atom is 0.417 e. The quantitative estimate of drug-likeness (QED) is 0.859. The fourth-order valence-corrected chi connectivity index (χ4v) is 1.29. The van der Waals surface area contributed by atoms with Crippen molar-refractivity contribution in [3.63, 3.8) is 0 Å². The highest BCUT2D eigenvalue weighted by molar-refractivity contribution is 5.86. The van der Waals surface area contributed by atoms with Crippen LogP contribution in [0.15, 0.2) is 54.6 Å². The van der Waals surface area contributed by atoms with E-state index in [1.807, 2.05) is 6.07 Å². The minimum atomic E-state index is -0.721. The second-order valence-corrected chi connectivity index (χ2v) is 3.31. The highest BCUT2D eigenvalue weighted by Gasteiger charge is 2.07. The molecule has 0 bridgehead atoms. The molecule has 4 heteroatoms. The number of ether oxygens (including phenoxy) is 1. The molecule has 0 aliphatic heterocycles. The van der Waals surface area contributed by atoms with E-state index in [2.05, 4.69) is 5.32 Å². The molecular formula is C13H10FNO2. The molecule has 0 radical (unpaired) electrons. The van der Waals surface area contributed by atoms with Gasteiger partial charge in [-0.2, -0.15) is 0 Å². The summed E-state index contributed by atoms with van der Waals surface area (Å²) in [5.74, 6) is -0.0983. The lowest BCUT2D eigenvalue weighted by Crippen LogP contribution is -2.17. The van der Waals surface area contributed by atoms with Gasteiger partial charge in [-0.25, -0.2) is 9.18 Å². The molecule has 0 aromatic heterocycles. The highest BCUT2D eigenvalue weighted by Crippen LogP contribution is 2.14. The normalized spacial score (nSPS) is 9.71. The van der Waals surface area contributed by atoms with Gasteiger partial charge in [-0.15, -0.1) is 0 Å². The van der Waals surface area contributed by atoms with Crippen molar-refractivity contribution < 1.29 is 13.9 Å². The van der Waals surface area contributed by atoms with E-state index in [-0.39, 0.29) is 5.69 Å². The molecule has 1 N–H and O–H groups in total. The lowest BCUT2D eigenvalue weighted by molar-refractivity contribution is 0.215. The predicted molar refractivity (Wildman–Crippen MR) is 62.5 cm³/mol. The van der Waals surface area contributed by atoms with E-state index in [1.165, 1.54) is 12.1 Å². The standard InChI is InChI=1S/C13H10FNO2/c14-11-8-4-5-9-12(11)15-13(16)17-10-6-2-1-3-7-10/h1-9H,(H,15,16). The van der Waals surface area contributed by atoms with Crippen molar-refractivity contribution in [2.75, 3.05) is 5.32 Å². The highest BCUT2D eigenvalue weighted by atomic mass is 19.1. The summed E-state index contributed by atoms with van der Waals surface area (Å²) in [4.78, 5) is 11.4. The molecule has 0 saturated heterocycles. The van der Waals surface area contributed by atoms with Crippen LogP contribution < -0.4 is 10.1 Å². The van der Waals surface area contributed by atoms with Crippen LogP contribution in [0.3, 0.4) is 0 Å². The number of hydrogen-bond donors (Lipinski definition) is 1. The van der Waals surface area contributed by atoms with Gasteiger partial charge in [0.2, 0.25) is 0 Å². The topological polar surface area (TPSA) is 38.3 Å². The van der Waals surface area contributed by atoms with Gasteiger partial charge in [0, 0.05) is 0 Å². The molecule has 0 saturated carbocycles. The average Bonchev–Trinajstić information content (AvgIpc) is 2.33. The Bertz CT molecular complexity index is 514. The zero-order valence-corrected chi connectivity index (χ0v) is 8.89. The molecule has 2 aromatic rings. The Morgan fingerprint density at radius 1 is 1.00 bits per heavy atom. The third-order valence-electron chi connectivity index (χ3n) is 2.06. The smallest absolute Gasteiger partial charge is 0.410 e. The minimum Gasteiger partial charge on any atom is -0.410 e. The summed E-state index contributed by atoms with van der Waals surface area (Å²) in [6.45, 7) is 0. The van der Waals surface area contributed by atoms with Gasteiger partial charge in [0.25, 0.3) is 0 Å². The summed E-state index contributed by atoms with van der Waals surface area (Å²) in [7, 11) is 0. The van der Waals surface area contributed by atoms with Gasteiger partial charge in [0.15, 0.2) is 0 Å². The first-order valence-electron chi connectivity index (χ1n) is 5.04. The molecule has 0 fully saturated rings. The zero-order valence-electron chi connectivity index (χ0n) is 8.89. The molecule has 86 valence electrons. The van der Waals surface area contributed by atoms with Crippen LogP contribution in [0.25, 0.3) is 0 Å². The van der Waals surface area contributed by atoms with Gasteiger partial charge in [0.1, 0.15) is 11.6 Å². The summed E-state index contributed by atoms with van der Waals surface area (Å²) in [5.41, 5.74) is 0.0911. The number of halogens is 1. The van der Waals surface area contributed by atoms with Crippen molar-refractivity contribution >= 4 is 11.8 Å². The fraction of sp³-hybridized carbons (Fsp3) is 0. The van der Waals surface area contributed by atoms with Crippen molar-refractivity contribution in [2.24, 2.45) is 0 Å². The number of benzene rings is 2. The Labute approximate surface area is 97.8 Å². The number of rotatable bonds is 2. The number of amides is 1. The summed E-state index contributed by atoms with van der Waals surface area (Å²) in [6, 6.07) is 14.5. The first kappa shape index (κ1) is 11.1. The molecular weight excluding hydrogens is 221 g/mol. The van der Waals surface area contributed by atoms with Crippen LogP contribution in [0.1, 0.15) is 0 Å². The monoisotopic (exact) mass is 231 g/mol. The summed E-state index contributed by atoms with van der Waals surface area (Å²) < 4.78 is 18.2.